The average Bonchev–Trinajstić information content (AvgIpc) is 1.82. The Kier molecular flexibility index (Phi) is 3.97. The molecule has 0 aromatic heterocycles. The van der Waals surface area contributed by atoms with Crippen LogP contribution in [0.3, 0.4) is 0 Å². The summed E-state index contributed by atoms with van der Waals surface area (Å²) in [5.41, 5.74) is 0.671. The summed E-state index contributed by atoms with van der Waals surface area (Å²) in [6.07, 6.45) is 1.94. The number of allylic oxidation sites excluding steroid dienone is 1. The second-order valence-electron chi connectivity index (χ2n) is 1.75. The first-order valence-electron chi connectivity index (χ1n) is 2.87. The Labute approximate surface area is 55.2 Å². The molecule has 0 rings (SSSR count). The van der Waals surface area contributed by atoms with Crippen LogP contribution < -0.4 is 0 Å². The van der Waals surface area contributed by atoms with Crippen LogP contribution in [0.25, 0.3) is 0 Å². The molecule has 0 spiro atoms. The van der Waals surface area contributed by atoms with E-state index in [1.54, 1.807) is 0 Å². The number of aldehydes is 1. The fourth-order valence-corrected chi connectivity index (χ4v) is 0.552. The minimum absolute atomic E-state index is 0.660. The Balaban J connectivity index is 3.96. The van der Waals surface area contributed by atoms with Crippen molar-refractivity contribution in [3.05, 3.63) is 18.6 Å². The van der Waals surface area contributed by atoms with E-state index in [2.05, 4.69) is 6.92 Å². The molecule has 0 aliphatic carbocycles. The monoisotopic (exact) mass is 127 g/mol. The summed E-state index contributed by atoms with van der Waals surface area (Å²) in [7, 11) is 0. The Morgan fingerprint density at radius 2 is 2.44 bits per heavy atom. The van der Waals surface area contributed by atoms with Gasteiger partial charge in [0.05, 0.1) is 6.10 Å². The highest BCUT2D eigenvalue weighted by atomic mass is 16.3. The molecule has 51 valence electrons. The van der Waals surface area contributed by atoms with E-state index in [1.807, 2.05) is 6.92 Å². The van der Waals surface area contributed by atoms with Gasteiger partial charge in [-0.1, -0.05) is 6.92 Å². The Hall–Kier alpha value is -0.630. The Morgan fingerprint density at radius 1 is 1.89 bits per heavy atom. The molecule has 2 nitrogen and oxygen atoms in total. The van der Waals surface area contributed by atoms with Crippen LogP contribution in [0.15, 0.2) is 11.6 Å². The fraction of sp³-hybridized carbons (Fsp3) is 0.429. The van der Waals surface area contributed by atoms with Gasteiger partial charge >= 0.3 is 0 Å². The molecule has 0 aromatic rings. The minimum atomic E-state index is -0.736. The van der Waals surface area contributed by atoms with E-state index < -0.39 is 6.10 Å². The van der Waals surface area contributed by atoms with Crippen molar-refractivity contribution in [1.29, 1.82) is 0 Å². The first kappa shape index (κ1) is 8.37. The summed E-state index contributed by atoms with van der Waals surface area (Å²) in [6, 6.07) is 0. The zero-order valence-corrected chi connectivity index (χ0v) is 5.50. The molecule has 0 amide bonds. The van der Waals surface area contributed by atoms with Gasteiger partial charge in [0.2, 0.25) is 0 Å². The predicted molar refractivity (Wildman–Crippen MR) is 35.8 cm³/mol. The van der Waals surface area contributed by atoms with Gasteiger partial charge in [0.15, 0.2) is 0 Å². The second kappa shape index (κ2) is 4.27. The number of hydrogen-bond acceptors (Lipinski definition) is 2. The smallest absolute Gasteiger partial charge is 0.142 e. The molecule has 0 aromatic carbocycles. The lowest BCUT2D eigenvalue weighted by molar-refractivity contribution is -0.104. The lowest BCUT2D eigenvalue weighted by Crippen LogP contribution is -2.03. The van der Waals surface area contributed by atoms with Crippen LogP contribution in [-0.4, -0.2) is 17.5 Å². The fourth-order valence-electron chi connectivity index (χ4n) is 0.552. The molecular formula is C7H11O2. The van der Waals surface area contributed by atoms with Gasteiger partial charge in [-0.3, -0.25) is 4.79 Å². The van der Waals surface area contributed by atoms with E-state index >= 15 is 0 Å². The third kappa shape index (κ3) is 3.03. The van der Waals surface area contributed by atoms with Crippen LogP contribution in [0.2, 0.25) is 0 Å². The molecule has 0 aliphatic rings. The summed E-state index contributed by atoms with van der Waals surface area (Å²) < 4.78 is 0. The standard InChI is InChI=1S/C7H11O2/c1-3-7(4-5-8)6(2)9/h4-6,9H,2-3H2,1H3. The van der Waals surface area contributed by atoms with Crippen molar-refractivity contribution < 1.29 is 9.90 Å². The van der Waals surface area contributed by atoms with E-state index in [0.717, 1.165) is 0 Å². The number of aliphatic hydroxyl groups excluding tert-OH is 1. The van der Waals surface area contributed by atoms with Gasteiger partial charge in [0.1, 0.15) is 6.29 Å². The molecule has 0 heterocycles. The SMILES string of the molecule is [CH2]C(O)C(=CC=O)CC. The lowest BCUT2D eigenvalue weighted by Gasteiger charge is -2.03. The number of carbonyl (C=O) groups excluding carboxylic acids is 1. The predicted octanol–water partition coefficient (Wildman–Crippen LogP) is 0.717. The van der Waals surface area contributed by atoms with Gasteiger partial charge in [-0.05, 0) is 25.0 Å². The highest BCUT2D eigenvalue weighted by Gasteiger charge is 1.99. The molecule has 0 saturated carbocycles. The number of carbonyl (C=O) groups is 1. The van der Waals surface area contributed by atoms with Crippen LogP contribution >= 0.6 is 0 Å². The van der Waals surface area contributed by atoms with Crippen molar-refractivity contribution in [1.82, 2.24) is 0 Å². The van der Waals surface area contributed by atoms with Crippen molar-refractivity contribution in [3.63, 3.8) is 0 Å². The third-order valence-electron chi connectivity index (χ3n) is 1.12. The third-order valence-corrected chi connectivity index (χ3v) is 1.12. The highest BCUT2D eigenvalue weighted by molar-refractivity contribution is 5.66. The number of aliphatic hydroxyl groups is 1. The van der Waals surface area contributed by atoms with Crippen molar-refractivity contribution in [3.8, 4) is 0 Å². The highest BCUT2D eigenvalue weighted by Crippen LogP contribution is 2.03. The van der Waals surface area contributed by atoms with Gasteiger partial charge in [-0.25, -0.2) is 0 Å². The van der Waals surface area contributed by atoms with Crippen LogP contribution in [0.1, 0.15) is 13.3 Å². The minimum Gasteiger partial charge on any atom is -0.389 e. The van der Waals surface area contributed by atoms with Crippen LogP contribution in [0, 0.1) is 6.92 Å². The zero-order chi connectivity index (χ0) is 7.28. The molecule has 1 radical (unpaired) electrons. The Morgan fingerprint density at radius 3 is 2.56 bits per heavy atom. The van der Waals surface area contributed by atoms with E-state index in [-0.39, 0.29) is 0 Å². The van der Waals surface area contributed by atoms with Crippen LogP contribution in [-0.2, 0) is 4.79 Å². The molecule has 0 bridgehead atoms. The summed E-state index contributed by atoms with van der Waals surface area (Å²) in [6.45, 7) is 5.22. The van der Waals surface area contributed by atoms with Gasteiger partial charge in [0, 0.05) is 0 Å². The van der Waals surface area contributed by atoms with Crippen molar-refractivity contribution >= 4 is 6.29 Å². The van der Waals surface area contributed by atoms with Gasteiger partial charge < -0.3 is 5.11 Å². The second-order valence-corrected chi connectivity index (χ2v) is 1.75. The van der Waals surface area contributed by atoms with E-state index in [9.17, 15) is 4.79 Å². The van der Waals surface area contributed by atoms with Crippen molar-refractivity contribution in [2.75, 3.05) is 0 Å². The average molecular weight is 127 g/mol. The first-order valence-corrected chi connectivity index (χ1v) is 2.87. The molecule has 0 aliphatic heterocycles. The van der Waals surface area contributed by atoms with E-state index in [0.29, 0.717) is 18.3 Å². The van der Waals surface area contributed by atoms with Gasteiger partial charge in [0.25, 0.3) is 0 Å². The summed E-state index contributed by atoms with van der Waals surface area (Å²) in [5, 5.41) is 8.80. The van der Waals surface area contributed by atoms with Crippen molar-refractivity contribution in [2.24, 2.45) is 0 Å². The molecule has 1 atom stereocenters. The van der Waals surface area contributed by atoms with Crippen molar-refractivity contribution in [2.45, 2.75) is 19.4 Å². The normalized spacial score (nSPS) is 15.2. The number of rotatable bonds is 3. The molecule has 9 heavy (non-hydrogen) atoms. The molecule has 1 N–H and O–H groups in total. The maximum atomic E-state index is 9.86. The van der Waals surface area contributed by atoms with Gasteiger partial charge in [-0.2, -0.15) is 0 Å². The van der Waals surface area contributed by atoms with Gasteiger partial charge in [-0.15, -0.1) is 0 Å². The zero-order valence-electron chi connectivity index (χ0n) is 5.50. The maximum Gasteiger partial charge on any atom is 0.142 e. The van der Waals surface area contributed by atoms with E-state index in [4.69, 9.17) is 5.11 Å². The molecule has 0 saturated heterocycles. The quantitative estimate of drug-likeness (QED) is 0.448. The number of hydrogen-bond donors (Lipinski definition) is 1. The molecule has 1 unspecified atom stereocenters. The molecule has 0 fully saturated rings. The summed E-state index contributed by atoms with van der Waals surface area (Å²) in [5.74, 6) is 0. The topological polar surface area (TPSA) is 37.3 Å². The molecular weight excluding hydrogens is 116 g/mol. The van der Waals surface area contributed by atoms with Crippen LogP contribution in [0.5, 0.6) is 0 Å². The molecule has 2 heteroatoms. The first-order chi connectivity index (χ1) is 4.22. The summed E-state index contributed by atoms with van der Waals surface area (Å²) in [4.78, 5) is 9.86. The largest absolute Gasteiger partial charge is 0.389 e. The maximum absolute atomic E-state index is 9.86. The van der Waals surface area contributed by atoms with E-state index in [1.165, 1.54) is 6.08 Å². The summed E-state index contributed by atoms with van der Waals surface area (Å²) >= 11 is 0. The Bertz CT molecular complexity index is 114. The lowest BCUT2D eigenvalue weighted by atomic mass is 10.1. The van der Waals surface area contributed by atoms with Crippen LogP contribution in [0.4, 0.5) is 0 Å².